The van der Waals surface area contributed by atoms with Crippen molar-refractivity contribution < 1.29 is 19.1 Å². The summed E-state index contributed by atoms with van der Waals surface area (Å²) in [7, 11) is 1.46. The molecular weight excluding hydrogens is 500 g/mol. The molecule has 1 N–H and O–H groups in total. The number of hydrogen-bond acceptors (Lipinski definition) is 5. The van der Waals surface area contributed by atoms with Crippen LogP contribution in [0.25, 0.3) is 21.9 Å². The molecule has 0 radical (unpaired) electrons. The van der Waals surface area contributed by atoms with Crippen LogP contribution in [-0.4, -0.2) is 29.6 Å². The van der Waals surface area contributed by atoms with Crippen molar-refractivity contribution in [3.8, 4) is 16.9 Å². The highest BCUT2D eigenvalue weighted by Gasteiger charge is 2.26. The Morgan fingerprint density at radius 1 is 0.900 bits per heavy atom. The fourth-order valence-corrected chi connectivity index (χ4v) is 4.79. The van der Waals surface area contributed by atoms with Crippen LogP contribution in [-0.2, 0) is 16.6 Å². The monoisotopic (exact) mass is 536 g/mol. The van der Waals surface area contributed by atoms with Gasteiger partial charge in [0.15, 0.2) is 11.5 Å². The van der Waals surface area contributed by atoms with E-state index in [2.05, 4.69) is 17.2 Å². The number of nitrogens with one attached hydrogen (secondary N) is 1. The quantitative estimate of drug-likeness (QED) is 0.176. The predicted octanol–water partition coefficient (Wildman–Crippen LogP) is 7.57. The predicted molar refractivity (Wildman–Crippen MR) is 160 cm³/mol. The van der Waals surface area contributed by atoms with Gasteiger partial charge in [0.2, 0.25) is 0 Å². The third-order valence-corrected chi connectivity index (χ3v) is 7.06. The maximum absolute atomic E-state index is 13.6. The van der Waals surface area contributed by atoms with Crippen LogP contribution in [0, 0.1) is 0 Å². The Kier molecular flexibility index (Phi) is 8.48. The van der Waals surface area contributed by atoms with Gasteiger partial charge in [-0.15, -0.1) is 0 Å². The van der Waals surface area contributed by atoms with Gasteiger partial charge in [-0.25, -0.2) is 0 Å². The molecule has 4 rings (SSSR count). The van der Waals surface area contributed by atoms with Crippen LogP contribution >= 0.6 is 0 Å². The molecular formula is C34H36N2O4. The summed E-state index contributed by atoms with van der Waals surface area (Å²) in [4.78, 5) is 44.5. The van der Waals surface area contributed by atoms with Crippen LogP contribution < -0.4 is 10.1 Å². The summed E-state index contributed by atoms with van der Waals surface area (Å²) in [5, 5.41) is 4.29. The second-order valence-corrected chi connectivity index (χ2v) is 10.9. The molecule has 0 aliphatic heterocycles. The van der Waals surface area contributed by atoms with E-state index in [1.807, 2.05) is 82.4 Å². The van der Waals surface area contributed by atoms with Crippen molar-refractivity contribution in [1.82, 2.24) is 4.98 Å². The van der Waals surface area contributed by atoms with Gasteiger partial charge in [0.25, 0.3) is 11.7 Å². The Morgan fingerprint density at radius 2 is 1.62 bits per heavy atom. The number of benzene rings is 3. The summed E-state index contributed by atoms with van der Waals surface area (Å²) in [6, 6.07) is 18.7. The Bertz CT molecular complexity index is 1580. The smallest absolute Gasteiger partial charge is 0.296 e. The van der Waals surface area contributed by atoms with E-state index in [1.54, 1.807) is 12.1 Å². The molecule has 1 amide bonds. The first kappa shape index (κ1) is 28.7. The topological polar surface area (TPSA) is 85.4 Å². The lowest BCUT2D eigenvalue weighted by molar-refractivity contribution is -0.112. The molecule has 1 heterocycles. The highest BCUT2D eigenvalue weighted by Crippen LogP contribution is 2.37. The van der Waals surface area contributed by atoms with E-state index in [1.165, 1.54) is 7.11 Å². The minimum atomic E-state index is -0.801. The number of carbonyl (C=O) groups excluding carboxylic acids is 3. The highest BCUT2D eigenvalue weighted by molar-refractivity contribution is 6.48. The van der Waals surface area contributed by atoms with Crippen molar-refractivity contribution in [1.29, 1.82) is 0 Å². The number of hydrogen-bond donors (Lipinski definition) is 1. The lowest BCUT2D eigenvalue weighted by Crippen LogP contribution is -2.24. The largest absolute Gasteiger partial charge is 0.494 e. The van der Waals surface area contributed by atoms with Gasteiger partial charge in [-0.1, -0.05) is 71.0 Å². The second-order valence-electron chi connectivity index (χ2n) is 10.9. The lowest BCUT2D eigenvalue weighted by atomic mass is 9.84. The average Bonchev–Trinajstić information content (AvgIpc) is 2.95. The van der Waals surface area contributed by atoms with Crippen LogP contribution in [0.3, 0.4) is 0 Å². The van der Waals surface area contributed by atoms with Crippen molar-refractivity contribution in [2.45, 2.75) is 59.3 Å². The molecule has 0 bridgehead atoms. The Labute approximate surface area is 235 Å². The Hall–Kier alpha value is -4.32. The second kappa shape index (κ2) is 11.8. The molecule has 1 aromatic heterocycles. The molecule has 40 heavy (non-hydrogen) atoms. The molecule has 0 aliphatic carbocycles. The van der Waals surface area contributed by atoms with Gasteiger partial charge in [0.1, 0.15) is 0 Å². The van der Waals surface area contributed by atoms with Gasteiger partial charge in [-0.05, 0) is 64.4 Å². The van der Waals surface area contributed by atoms with Crippen LogP contribution in [0.15, 0.2) is 66.9 Å². The van der Waals surface area contributed by atoms with E-state index in [0.717, 1.165) is 34.2 Å². The zero-order valence-corrected chi connectivity index (χ0v) is 24.1. The number of anilines is 1. The lowest BCUT2D eigenvalue weighted by Gasteiger charge is -2.23. The summed E-state index contributed by atoms with van der Waals surface area (Å²) in [5.74, 6) is -1.29. The molecule has 0 aliphatic rings. The molecule has 0 spiro atoms. The van der Waals surface area contributed by atoms with E-state index in [4.69, 9.17) is 4.74 Å². The van der Waals surface area contributed by atoms with E-state index >= 15 is 0 Å². The minimum Gasteiger partial charge on any atom is -0.494 e. The van der Waals surface area contributed by atoms with Crippen molar-refractivity contribution in [2.24, 2.45) is 0 Å². The number of nitrogens with zero attached hydrogens (tertiary/aromatic N) is 1. The van der Waals surface area contributed by atoms with Gasteiger partial charge >= 0.3 is 0 Å². The van der Waals surface area contributed by atoms with Crippen molar-refractivity contribution in [2.75, 3.05) is 12.4 Å². The fraction of sp³-hybridized carbons (Fsp3) is 0.294. The highest BCUT2D eigenvalue weighted by atomic mass is 16.5. The molecule has 0 atom stereocenters. The number of pyridine rings is 1. The van der Waals surface area contributed by atoms with Gasteiger partial charge in [0, 0.05) is 29.4 Å². The number of fused-ring (bicyclic) bond motifs is 1. The SMILES string of the molecule is CCCC(=O)c1cc(C(C)(C)C)cc(NC(=O)C(=O)c2ccc(-c3ccc(CC)nc3)c3ccccc23)c1OC. The van der Waals surface area contributed by atoms with Gasteiger partial charge in [-0.3, -0.25) is 19.4 Å². The number of aromatic nitrogens is 1. The third kappa shape index (κ3) is 5.81. The van der Waals surface area contributed by atoms with Crippen LogP contribution in [0.5, 0.6) is 5.75 Å². The van der Waals surface area contributed by atoms with Crippen molar-refractivity contribution >= 4 is 33.9 Å². The van der Waals surface area contributed by atoms with E-state index in [9.17, 15) is 14.4 Å². The first-order valence-electron chi connectivity index (χ1n) is 13.7. The van der Waals surface area contributed by atoms with E-state index < -0.39 is 11.7 Å². The molecule has 0 saturated heterocycles. The first-order chi connectivity index (χ1) is 19.1. The third-order valence-electron chi connectivity index (χ3n) is 7.06. The molecule has 206 valence electrons. The molecule has 6 nitrogen and oxygen atoms in total. The number of ether oxygens (including phenoxy) is 1. The summed E-state index contributed by atoms with van der Waals surface area (Å²) >= 11 is 0. The standard InChI is InChI=1S/C34H36N2O4/c1-7-11-30(37)28-18-22(34(3,4)5)19-29(32(28)40-6)36-33(39)31(38)27-17-16-24(25-12-9-10-13-26(25)27)21-14-15-23(8-2)35-20-21/h9-10,12-20H,7-8,11H2,1-6H3,(H,36,39). The number of Topliss-reactive ketones (excluding diaryl/α,β-unsaturated/α-hetero) is 2. The van der Waals surface area contributed by atoms with E-state index in [0.29, 0.717) is 35.0 Å². The molecule has 6 heteroatoms. The summed E-state index contributed by atoms with van der Waals surface area (Å²) in [6.45, 7) is 10.1. The number of carbonyl (C=O) groups is 3. The summed E-state index contributed by atoms with van der Waals surface area (Å²) in [5.41, 5.74) is 4.42. The maximum Gasteiger partial charge on any atom is 0.296 e. The Morgan fingerprint density at radius 3 is 2.23 bits per heavy atom. The fourth-order valence-electron chi connectivity index (χ4n) is 4.79. The Balaban J connectivity index is 1.74. The molecule has 0 unspecified atom stereocenters. The number of aryl methyl sites for hydroxylation is 1. The zero-order chi connectivity index (χ0) is 29.0. The maximum atomic E-state index is 13.6. The minimum absolute atomic E-state index is 0.0738. The molecule has 4 aromatic rings. The zero-order valence-electron chi connectivity index (χ0n) is 24.1. The van der Waals surface area contributed by atoms with Crippen molar-refractivity contribution in [3.05, 3.63) is 89.2 Å². The number of amides is 1. The van der Waals surface area contributed by atoms with Crippen molar-refractivity contribution in [3.63, 3.8) is 0 Å². The molecule has 3 aromatic carbocycles. The number of methoxy groups -OCH3 is 1. The van der Waals surface area contributed by atoms with Gasteiger partial charge in [-0.2, -0.15) is 0 Å². The van der Waals surface area contributed by atoms with Crippen LogP contribution in [0.2, 0.25) is 0 Å². The molecule has 0 fully saturated rings. The number of ketones is 2. The summed E-state index contributed by atoms with van der Waals surface area (Å²) in [6.07, 6.45) is 3.72. The van der Waals surface area contributed by atoms with E-state index in [-0.39, 0.29) is 16.9 Å². The average molecular weight is 537 g/mol. The first-order valence-corrected chi connectivity index (χ1v) is 13.7. The van der Waals surface area contributed by atoms with Gasteiger partial charge in [0.05, 0.1) is 18.4 Å². The van der Waals surface area contributed by atoms with Gasteiger partial charge < -0.3 is 10.1 Å². The normalized spacial score (nSPS) is 11.3. The van der Waals surface area contributed by atoms with Crippen LogP contribution in [0.1, 0.15) is 79.4 Å². The van der Waals surface area contributed by atoms with Crippen LogP contribution in [0.4, 0.5) is 5.69 Å². The molecule has 0 saturated carbocycles. The summed E-state index contributed by atoms with van der Waals surface area (Å²) < 4.78 is 5.60. The number of rotatable bonds is 9.